The number of alkyl halides is 2. The highest BCUT2D eigenvalue weighted by Crippen LogP contribution is 2.39. The van der Waals surface area contributed by atoms with Crippen molar-refractivity contribution in [1.29, 1.82) is 0 Å². The summed E-state index contributed by atoms with van der Waals surface area (Å²) in [7, 11) is 1.52. The molecule has 0 saturated heterocycles. The highest BCUT2D eigenvalue weighted by atomic mass is 35.5. The number of carbonyl (C=O) groups excluding carboxylic acids is 1. The second kappa shape index (κ2) is 8.97. The molecular formula is C20H17Cl2F2N3O3. The number of halogens is 4. The first-order valence-corrected chi connectivity index (χ1v) is 9.60. The van der Waals surface area contributed by atoms with Crippen molar-refractivity contribution in [2.75, 3.05) is 13.7 Å². The molecule has 0 saturated carbocycles. The first kappa shape index (κ1) is 22.0. The average molecular weight is 456 g/mol. The third kappa shape index (κ3) is 4.39. The first-order valence-electron chi connectivity index (χ1n) is 8.85. The van der Waals surface area contributed by atoms with Crippen LogP contribution in [0.2, 0.25) is 10.0 Å². The molecular weight excluding hydrogens is 439 g/mol. The Morgan fingerprint density at radius 3 is 2.43 bits per heavy atom. The Morgan fingerprint density at radius 1 is 1.13 bits per heavy atom. The number of rotatable bonds is 7. The van der Waals surface area contributed by atoms with Crippen molar-refractivity contribution in [3.8, 4) is 5.75 Å². The molecule has 0 aliphatic carbocycles. The minimum Gasteiger partial charge on any atom is -0.497 e. The summed E-state index contributed by atoms with van der Waals surface area (Å²) in [6.07, 6.45) is 0. The van der Waals surface area contributed by atoms with E-state index in [0.29, 0.717) is 11.3 Å². The van der Waals surface area contributed by atoms with E-state index < -0.39 is 28.8 Å². The largest absolute Gasteiger partial charge is 0.497 e. The molecule has 30 heavy (non-hydrogen) atoms. The molecule has 1 aromatic heterocycles. The maximum absolute atomic E-state index is 15.5. The lowest BCUT2D eigenvalue weighted by atomic mass is 10.0. The maximum Gasteiger partial charge on any atom is 0.361 e. The van der Waals surface area contributed by atoms with Gasteiger partial charge in [0.15, 0.2) is 5.69 Å². The number of benzene rings is 2. The molecule has 0 unspecified atom stereocenters. The fourth-order valence-electron chi connectivity index (χ4n) is 2.80. The lowest BCUT2D eigenvalue weighted by molar-refractivity contribution is 0.0280. The van der Waals surface area contributed by atoms with Crippen LogP contribution in [0.25, 0.3) is 0 Å². The third-order valence-electron chi connectivity index (χ3n) is 4.27. The summed E-state index contributed by atoms with van der Waals surface area (Å²) in [4.78, 5) is 12.3. The van der Waals surface area contributed by atoms with Gasteiger partial charge in [-0.2, -0.15) is 8.78 Å². The summed E-state index contributed by atoms with van der Waals surface area (Å²) in [6.45, 7) is 1.51. The van der Waals surface area contributed by atoms with Gasteiger partial charge in [0.2, 0.25) is 0 Å². The molecule has 6 nitrogen and oxygen atoms in total. The number of methoxy groups -OCH3 is 1. The van der Waals surface area contributed by atoms with Crippen molar-refractivity contribution in [3.05, 3.63) is 75.0 Å². The molecule has 1 heterocycles. The summed E-state index contributed by atoms with van der Waals surface area (Å²) < 4.78 is 42.0. The van der Waals surface area contributed by atoms with E-state index in [9.17, 15) is 4.79 Å². The van der Waals surface area contributed by atoms with Crippen LogP contribution in [0.4, 0.5) is 8.78 Å². The third-order valence-corrected chi connectivity index (χ3v) is 5.01. The van der Waals surface area contributed by atoms with Gasteiger partial charge in [0.25, 0.3) is 0 Å². The van der Waals surface area contributed by atoms with Crippen LogP contribution in [0.5, 0.6) is 5.75 Å². The highest BCUT2D eigenvalue weighted by Gasteiger charge is 2.43. The zero-order valence-electron chi connectivity index (χ0n) is 16.0. The topological polar surface area (TPSA) is 66.2 Å². The van der Waals surface area contributed by atoms with Crippen LogP contribution in [0, 0.1) is 0 Å². The van der Waals surface area contributed by atoms with Crippen LogP contribution in [0.1, 0.15) is 34.2 Å². The lowest BCUT2D eigenvalue weighted by Gasteiger charge is -2.19. The molecule has 0 spiro atoms. The van der Waals surface area contributed by atoms with Crippen molar-refractivity contribution in [2.24, 2.45) is 0 Å². The number of hydrogen-bond donors (Lipinski definition) is 0. The molecule has 3 rings (SSSR count). The Kier molecular flexibility index (Phi) is 6.58. The SMILES string of the molecule is CCOC(=O)c1nnn(Cc2ccc(OC)cc2)c1C(F)(F)c1ccc(Cl)c(Cl)c1. The number of carbonyl (C=O) groups is 1. The molecule has 0 bridgehead atoms. The molecule has 0 fully saturated rings. The van der Waals surface area contributed by atoms with Crippen molar-refractivity contribution >= 4 is 29.2 Å². The quantitative estimate of drug-likeness (QED) is 0.471. The van der Waals surface area contributed by atoms with Crippen molar-refractivity contribution in [1.82, 2.24) is 15.0 Å². The Bertz CT molecular complexity index is 1060. The molecule has 2 aromatic carbocycles. The second-order valence-corrected chi connectivity index (χ2v) is 7.03. The Balaban J connectivity index is 2.09. The molecule has 10 heteroatoms. The van der Waals surface area contributed by atoms with E-state index in [0.717, 1.165) is 16.8 Å². The van der Waals surface area contributed by atoms with Gasteiger partial charge in [0, 0.05) is 5.56 Å². The Hall–Kier alpha value is -2.71. The fraction of sp³-hybridized carbons (Fsp3) is 0.250. The standard InChI is InChI=1S/C20H17Cl2F2N3O3/c1-3-30-19(28)17-18(20(23,24)13-6-9-15(21)16(22)10-13)27(26-25-17)11-12-4-7-14(29-2)8-5-12/h4-10H,3,11H2,1-2H3. The van der Waals surface area contributed by atoms with Gasteiger partial charge >= 0.3 is 11.9 Å². The highest BCUT2D eigenvalue weighted by molar-refractivity contribution is 6.42. The molecule has 0 aliphatic heterocycles. The minimum absolute atomic E-state index is 0.00194. The molecule has 0 aliphatic rings. The zero-order chi connectivity index (χ0) is 21.9. The number of nitrogens with zero attached hydrogens (tertiary/aromatic N) is 3. The van der Waals surface area contributed by atoms with Crippen molar-refractivity contribution in [3.63, 3.8) is 0 Å². The van der Waals surface area contributed by atoms with E-state index in [1.807, 2.05) is 0 Å². The monoisotopic (exact) mass is 455 g/mol. The molecule has 0 atom stereocenters. The van der Waals surface area contributed by atoms with Gasteiger partial charge in [-0.25, -0.2) is 9.48 Å². The summed E-state index contributed by atoms with van der Waals surface area (Å²) in [5, 5.41) is 7.55. The predicted molar refractivity (Wildman–Crippen MR) is 108 cm³/mol. The molecule has 0 amide bonds. The smallest absolute Gasteiger partial charge is 0.361 e. The van der Waals surface area contributed by atoms with Crippen molar-refractivity contribution < 1.29 is 23.0 Å². The summed E-state index contributed by atoms with van der Waals surface area (Å²) >= 11 is 11.8. The van der Waals surface area contributed by atoms with E-state index >= 15 is 8.78 Å². The summed E-state index contributed by atoms with van der Waals surface area (Å²) in [5.74, 6) is -4.02. The first-order chi connectivity index (χ1) is 14.3. The van der Waals surface area contributed by atoms with Crippen LogP contribution < -0.4 is 4.74 Å². The van der Waals surface area contributed by atoms with Crippen LogP contribution in [0.15, 0.2) is 42.5 Å². The van der Waals surface area contributed by atoms with Gasteiger partial charge < -0.3 is 9.47 Å². The van der Waals surface area contributed by atoms with Gasteiger partial charge in [0.1, 0.15) is 11.4 Å². The number of aromatic nitrogens is 3. The fourth-order valence-corrected chi connectivity index (χ4v) is 3.10. The lowest BCUT2D eigenvalue weighted by Crippen LogP contribution is -2.25. The van der Waals surface area contributed by atoms with E-state index in [2.05, 4.69) is 10.3 Å². The van der Waals surface area contributed by atoms with E-state index in [1.165, 1.54) is 13.2 Å². The molecule has 3 aromatic rings. The Labute approximate surface area is 181 Å². The van der Waals surface area contributed by atoms with Gasteiger partial charge in [0.05, 0.1) is 30.3 Å². The summed E-state index contributed by atoms with van der Waals surface area (Å²) in [5.41, 5.74) is -1.07. The average Bonchev–Trinajstić information content (AvgIpc) is 3.15. The minimum atomic E-state index is -3.65. The van der Waals surface area contributed by atoms with Gasteiger partial charge in [-0.05, 0) is 36.8 Å². The number of esters is 1. The van der Waals surface area contributed by atoms with Crippen LogP contribution in [-0.2, 0) is 17.2 Å². The van der Waals surface area contributed by atoms with E-state index in [-0.39, 0.29) is 23.2 Å². The number of hydrogen-bond acceptors (Lipinski definition) is 5. The van der Waals surface area contributed by atoms with E-state index in [1.54, 1.807) is 31.2 Å². The Morgan fingerprint density at radius 2 is 1.83 bits per heavy atom. The van der Waals surface area contributed by atoms with Crippen LogP contribution in [-0.4, -0.2) is 34.7 Å². The molecule has 0 radical (unpaired) electrons. The normalized spacial score (nSPS) is 11.4. The number of ether oxygens (including phenoxy) is 2. The maximum atomic E-state index is 15.5. The van der Waals surface area contributed by atoms with E-state index in [4.69, 9.17) is 32.7 Å². The van der Waals surface area contributed by atoms with Gasteiger partial charge in [-0.3, -0.25) is 0 Å². The summed E-state index contributed by atoms with van der Waals surface area (Å²) in [6, 6.07) is 10.2. The van der Waals surface area contributed by atoms with Gasteiger partial charge in [-0.1, -0.05) is 46.6 Å². The molecule has 158 valence electrons. The second-order valence-electron chi connectivity index (χ2n) is 6.22. The van der Waals surface area contributed by atoms with Gasteiger partial charge in [-0.15, -0.1) is 5.10 Å². The predicted octanol–water partition coefficient (Wildman–Crippen LogP) is 4.96. The zero-order valence-corrected chi connectivity index (χ0v) is 17.5. The van der Waals surface area contributed by atoms with Crippen molar-refractivity contribution in [2.45, 2.75) is 19.4 Å². The molecule has 0 N–H and O–H groups in total. The van der Waals surface area contributed by atoms with Crippen LogP contribution >= 0.6 is 23.2 Å². The van der Waals surface area contributed by atoms with Crippen LogP contribution in [0.3, 0.4) is 0 Å².